The van der Waals surface area contributed by atoms with Crippen LogP contribution >= 0.6 is 23.4 Å². The van der Waals surface area contributed by atoms with E-state index in [2.05, 4.69) is 5.32 Å². The van der Waals surface area contributed by atoms with E-state index in [1.54, 1.807) is 11.8 Å². The molecule has 2 rings (SSSR count). The van der Waals surface area contributed by atoms with Gasteiger partial charge in [-0.3, -0.25) is 4.79 Å². The number of carbonyl (C=O) groups is 1. The van der Waals surface area contributed by atoms with Gasteiger partial charge in [0.05, 0.1) is 0 Å². The van der Waals surface area contributed by atoms with Gasteiger partial charge in [-0.15, -0.1) is 11.8 Å². The molecule has 1 N–H and O–H groups in total. The summed E-state index contributed by atoms with van der Waals surface area (Å²) in [5.41, 5.74) is 2.16. The molecule has 134 valence electrons. The van der Waals surface area contributed by atoms with Crippen LogP contribution in [0.5, 0.6) is 5.75 Å². The number of amides is 1. The Balaban J connectivity index is 1.81. The van der Waals surface area contributed by atoms with E-state index in [0.29, 0.717) is 13.0 Å². The van der Waals surface area contributed by atoms with E-state index in [0.717, 1.165) is 32.5 Å². The molecule has 0 unspecified atom stereocenters. The zero-order valence-electron chi connectivity index (χ0n) is 14.8. The summed E-state index contributed by atoms with van der Waals surface area (Å²) >= 11 is 7.56. The molecule has 3 nitrogen and oxygen atoms in total. The number of rotatable bonds is 8. The maximum atomic E-state index is 12.4. The van der Waals surface area contributed by atoms with Crippen molar-refractivity contribution in [1.29, 1.82) is 0 Å². The van der Waals surface area contributed by atoms with Gasteiger partial charge < -0.3 is 10.1 Å². The second-order valence-corrected chi connectivity index (χ2v) is 7.48. The lowest BCUT2D eigenvalue weighted by Crippen LogP contribution is -2.39. The summed E-state index contributed by atoms with van der Waals surface area (Å²) in [6.45, 7) is 6.56. The maximum absolute atomic E-state index is 12.4. The lowest BCUT2D eigenvalue weighted by atomic mass is 10.1. The van der Waals surface area contributed by atoms with Gasteiger partial charge in [0, 0.05) is 22.2 Å². The SMILES string of the molecule is CC[C@H](Oc1cc(C)ccc1C)C(=O)NCCSc1ccc(Cl)cc1. The van der Waals surface area contributed by atoms with Crippen molar-refractivity contribution < 1.29 is 9.53 Å². The van der Waals surface area contributed by atoms with Gasteiger partial charge in [-0.25, -0.2) is 0 Å². The first-order valence-corrected chi connectivity index (χ1v) is 9.76. The minimum atomic E-state index is -0.471. The van der Waals surface area contributed by atoms with Crippen LogP contribution in [0.2, 0.25) is 5.02 Å². The van der Waals surface area contributed by atoms with Gasteiger partial charge in [-0.2, -0.15) is 0 Å². The Kier molecular flexibility index (Phi) is 7.66. The predicted molar refractivity (Wildman–Crippen MR) is 106 cm³/mol. The van der Waals surface area contributed by atoms with Gasteiger partial charge in [0.2, 0.25) is 0 Å². The predicted octanol–water partition coefficient (Wildman–Crippen LogP) is 5.02. The Labute approximate surface area is 159 Å². The number of hydrogen-bond acceptors (Lipinski definition) is 3. The number of benzene rings is 2. The largest absolute Gasteiger partial charge is 0.480 e. The molecule has 0 fully saturated rings. The van der Waals surface area contributed by atoms with E-state index >= 15 is 0 Å². The molecule has 0 heterocycles. The second kappa shape index (κ2) is 9.73. The van der Waals surface area contributed by atoms with Crippen molar-refractivity contribution in [2.75, 3.05) is 12.3 Å². The summed E-state index contributed by atoms with van der Waals surface area (Å²) in [7, 11) is 0. The topological polar surface area (TPSA) is 38.3 Å². The highest BCUT2D eigenvalue weighted by Gasteiger charge is 2.18. The van der Waals surface area contributed by atoms with Crippen molar-refractivity contribution in [3.63, 3.8) is 0 Å². The summed E-state index contributed by atoms with van der Waals surface area (Å²) in [4.78, 5) is 13.5. The Hall–Kier alpha value is -1.65. The Morgan fingerprint density at radius 2 is 1.92 bits per heavy atom. The molecular formula is C20H24ClNO2S. The van der Waals surface area contributed by atoms with Crippen LogP contribution in [0.25, 0.3) is 0 Å². The van der Waals surface area contributed by atoms with E-state index in [1.165, 1.54) is 0 Å². The molecular weight excluding hydrogens is 354 g/mol. The molecule has 0 bridgehead atoms. The highest BCUT2D eigenvalue weighted by Crippen LogP contribution is 2.22. The minimum absolute atomic E-state index is 0.0693. The molecule has 0 spiro atoms. The zero-order chi connectivity index (χ0) is 18.2. The maximum Gasteiger partial charge on any atom is 0.261 e. The van der Waals surface area contributed by atoms with Gasteiger partial charge in [0.1, 0.15) is 5.75 Å². The summed E-state index contributed by atoms with van der Waals surface area (Å²) in [6.07, 6.45) is 0.157. The number of ether oxygens (including phenoxy) is 1. The molecule has 0 saturated carbocycles. The molecule has 5 heteroatoms. The summed E-state index contributed by atoms with van der Waals surface area (Å²) in [6, 6.07) is 13.7. The van der Waals surface area contributed by atoms with Crippen LogP contribution in [0.1, 0.15) is 24.5 Å². The zero-order valence-corrected chi connectivity index (χ0v) is 16.4. The third-order valence-corrected chi connectivity index (χ3v) is 5.03. The lowest BCUT2D eigenvalue weighted by Gasteiger charge is -2.19. The van der Waals surface area contributed by atoms with E-state index in [4.69, 9.17) is 16.3 Å². The number of halogens is 1. The standard InChI is InChI=1S/C20H24ClNO2S/c1-4-18(24-19-13-14(2)5-6-15(19)3)20(23)22-11-12-25-17-9-7-16(21)8-10-17/h5-10,13,18H,4,11-12H2,1-3H3,(H,22,23)/t18-/m0/s1. The van der Waals surface area contributed by atoms with Gasteiger partial charge in [-0.05, 0) is 61.7 Å². The first kappa shape index (κ1) is 19.7. The van der Waals surface area contributed by atoms with Gasteiger partial charge in [0.25, 0.3) is 5.91 Å². The van der Waals surface area contributed by atoms with Crippen molar-refractivity contribution in [3.8, 4) is 5.75 Å². The molecule has 0 aliphatic rings. The molecule has 0 radical (unpaired) electrons. The van der Waals surface area contributed by atoms with Crippen molar-refractivity contribution >= 4 is 29.3 Å². The Morgan fingerprint density at radius 3 is 2.60 bits per heavy atom. The van der Waals surface area contributed by atoms with E-state index in [1.807, 2.05) is 63.2 Å². The molecule has 0 saturated heterocycles. The van der Waals surface area contributed by atoms with Gasteiger partial charge in [0.15, 0.2) is 6.10 Å². The summed E-state index contributed by atoms with van der Waals surface area (Å²) in [5, 5.41) is 3.69. The molecule has 0 aromatic heterocycles. The van der Waals surface area contributed by atoms with Crippen LogP contribution in [-0.4, -0.2) is 24.3 Å². The van der Waals surface area contributed by atoms with Crippen LogP contribution in [0, 0.1) is 13.8 Å². The monoisotopic (exact) mass is 377 g/mol. The van der Waals surface area contributed by atoms with Gasteiger partial charge in [-0.1, -0.05) is 30.7 Å². The average molecular weight is 378 g/mol. The minimum Gasteiger partial charge on any atom is -0.480 e. The number of hydrogen-bond donors (Lipinski definition) is 1. The molecule has 0 aliphatic carbocycles. The van der Waals surface area contributed by atoms with E-state index in [9.17, 15) is 4.79 Å². The van der Waals surface area contributed by atoms with Crippen LogP contribution in [0.3, 0.4) is 0 Å². The molecule has 2 aromatic rings. The fraction of sp³-hybridized carbons (Fsp3) is 0.350. The molecule has 1 atom stereocenters. The van der Waals surface area contributed by atoms with Crippen molar-refractivity contribution in [2.45, 2.75) is 38.2 Å². The smallest absolute Gasteiger partial charge is 0.261 e. The fourth-order valence-corrected chi connectivity index (χ4v) is 3.19. The second-order valence-electron chi connectivity index (χ2n) is 5.88. The quantitative estimate of drug-likeness (QED) is 0.518. The molecule has 0 aliphatic heterocycles. The third-order valence-electron chi connectivity index (χ3n) is 3.76. The normalized spacial score (nSPS) is 11.8. The summed E-state index contributed by atoms with van der Waals surface area (Å²) < 4.78 is 5.93. The number of carbonyl (C=O) groups excluding carboxylic acids is 1. The fourth-order valence-electron chi connectivity index (χ4n) is 2.30. The first-order chi connectivity index (χ1) is 12.0. The van der Waals surface area contributed by atoms with Gasteiger partial charge >= 0.3 is 0 Å². The number of aryl methyl sites for hydroxylation is 2. The average Bonchev–Trinajstić information content (AvgIpc) is 2.60. The van der Waals surface area contributed by atoms with Crippen LogP contribution in [0.4, 0.5) is 0 Å². The van der Waals surface area contributed by atoms with Crippen LogP contribution in [-0.2, 0) is 4.79 Å². The van der Waals surface area contributed by atoms with Crippen LogP contribution in [0.15, 0.2) is 47.4 Å². The van der Waals surface area contributed by atoms with E-state index < -0.39 is 6.10 Å². The third kappa shape index (κ3) is 6.29. The Bertz CT molecular complexity index is 703. The molecule has 1 amide bonds. The molecule has 25 heavy (non-hydrogen) atoms. The summed E-state index contributed by atoms with van der Waals surface area (Å²) in [5.74, 6) is 1.51. The van der Waals surface area contributed by atoms with E-state index in [-0.39, 0.29) is 5.91 Å². The molecule has 2 aromatic carbocycles. The highest BCUT2D eigenvalue weighted by molar-refractivity contribution is 7.99. The number of nitrogens with one attached hydrogen (secondary N) is 1. The van der Waals surface area contributed by atoms with Crippen molar-refractivity contribution in [3.05, 3.63) is 58.6 Å². The van der Waals surface area contributed by atoms with Crippen molar-refractivity contribution in [1.82, 2.24) is 5.32 Å². The number of thioether (sulfide) groups is 1. The van der Waals surface area contributed by atoms with Crippen molar-refractivity contribution in [2.24, 2.45) is 0 Å². The highest BCUT2D eigenvalue weighted by atomic mass is 35.5. The Morgan fingerprint density at radius 1 is 1.20 bits per heavy atom. The first-order valence-electron chi connectivity index (χ1n) is 8.39. The van der Waals surface area contributed by atoms with Crippen LogP contribution < -0.4 is 10.1 Å². The lowest BCUT2D eigenvalue weighted by molar-refractivity contribution is -0.128.